The number of carbonyl (C=O) groups is 1. The minimum absolute atomic E-state index is 0.0822. The van der Waals surface area contributed by atoms with Crippen LogP contribution in [0.2, 0.25) is 0 Å². The molecule has 1 amide bonds. The summed E-state index contributed by atoms with van der Waals surface area (Å²) in [5.41, 5.74) is 0.767. The molecule has 0 unspecified atom stereocenters. The fourth-order valence-corrected chi connectivity index (χ4v) is 2.20. The monoisotopic (exact) mass is 290 g/mol. The molecule has 0 atom stereocenters. The minimum atomic E-state index is -0.0822. The van der Waals surface area contributed by atoms with Crippen LogP contribution < -0.4 is 10.1 Å². The Hall–Kier alpha value is -1.85. The van der Waals surface area contributed by atoms with E-state index in [4.69, 9.17) is 4.74 Å². The molecule has 0 spiro atoms. The van der Waals surface area contributed by atoms with Crippen molar-refractivity contribution in [1.82, 2.24) is 4.90 Å². The molecule has 1 heterocycles. The summed E-state index contributed by atoms with van der Waals surface area (Å²) < 4.78 is 5.60. The van der Waals surface area contributed by atoms with Crippen LogP contribution in [0.1, 0.15) is 9.67 Å². The number of ether oxygens (including phenoxy) is 1. The summed E-state index contributed by atoms with van der Waals surface area (Å²) >= 11 is 1.43. The highest BCUT2D eigenvalue weighted by Crippen LogP contribution is 2.17. The fourth-order valence-electron chi connectivity index (χ4n) is 1.58. The van der Waals surface area contributed by atoms with Gasteiger partial charge in [0.1, 0.15) is 12.4 Å². The van der Waals surface area contributed by atoms with Crippen LogP contribution in [-0.4, -0.2) is 38.1 Å². The fraction of sp³-hybridized carbons (Fsp3) is 0.267. The Balaban J connectivity index is 1.87. The van der Waals surface area contributed by atoms with E-state index in [1.807, 2.05) is 49.8 Å². The maximum atomic E-state index is 11.9. The second-order valence-corrected chi connectivity index (χ2v) is 5.56. The smallest absolute Gasteiger partial charge is 0.265 e. The Kier molecular flexibility index (Phi) is 5.15. The third-order valence-electron chi connectivity index (χ3n) is 2.66. The number of anilines is 1. The Morgan fingerprint density at radius 2 is 2.00 bits per heavy atom. The van der Waals surface area contributed by atoms with E-state index in [2.05, 4.69) is 10.2 Å². The molecule has 2 rings (SSSR count). The van der Waals surface area contributed by atoms with Gasteiger partial charge in [-0.2, -0.15) is 0 Å². The number of rotatable bonds is 6. The van der Waals surface area contributed by atoms with Gasteiger partial charge >= 0.3 is 0 Å². The first kappa shape index (κ1) is 14.6. The van der Waals surface area contributed by atoms with E-state index < -0.39 is 0 Å². The summed E-state index contributed by atoms with van der Waals surface area (Å²) in [5, 5.41) is 4.74. The molecule has 0 saturated carbocycles. The Labute approximate surface area is 123 Å². The Morgan fingerprint density at radius 1 is 1.25 bits per heavy atom. The zero-order valence-electron chi connectivity index (χ0n) is 11.6. The summed E-state index contributed by atoms with van der Waals surface area (Å²) in [6.45, 7) is 1.52. The largest absolute Gasteiger partial charge is 0.492 e. The molecule has 0 saturated heterocycles. The minimum Gasteiger partial charge on any atom is -0.492 e. The average molecular weight is 290 g/mol. The van der Waals surface area contributed by atoms with E-state index >= 15 is 0 Å². The van der Waals surface area contributed by atoms with Crippen LogP contribution in [0, 0.1) is 0 Å². The summed E-state index contributed by atoms with van der Waals surface area (Å²) in [5.74, 6) is 0.724. The van der Waals surface area contributed by atoms with E-state index in [1.165, 1.54) is 11.3 Å². The van der Waals surface area contributed by atoms with E-state index in [9.17, 15) is 4.79 Å². The second-order valence-electron chi connectivity index (χ2n) is 4.61. The lowest BCUT2D eigenvalue weighted by Gasteiger charge is -2.11. The molecule has 20 heavy (non-hydrogen) atoms. The highest BCUT2D eigenvalue weighted by atomic mass is 32.1. The van der Waals surface area contributed by atoms with Crippen LogP contribution in [0.25, 0.3) is 0 Å². The van der Waals surface area contributed by atoms with Crippen molar-refractivity contribution in [2.24, 2.45) is 0 Å². The molecule has 4 nitrogen and oxygen atoms in total. The van der Waals surface area contributed by atoms with Crippen molar-refractivity contribution in [1.29, 1.82) is 0 Å². The molecule has 1 aromatic carbocycles. The van der Waals surface area contributed by atoms with Crippen molar-refractivity contribution >= 4 is 22.9 Å². The van der Waals surface area contributed by atoms with Gasteiger partial charge in [-0.25, -0.2) is 0 Å². The van der Waals surface area contributed by atoms with Crippen LogP contribution in [0.15, 0.2) is 41.8 Å². The first-order valence-electron chi connectivity index (χ1n) is 6.37. The average Bonchev–Trinajstić information content (AvgIpc) is 2.94. The lowest BCUT2D eigenvalue weighted by Crippen LogP contribution is -2.19. The number of hydrogen-bond acceptors (Lipinski definition) is 4. The highest BCUT2D eigenvalue weighted by Gasteiger charge is 2.06. The van der Waals surface area contributed by atoms with Gasteiger partial charge in [0.05, 0.1) is 4.88 Å². The van der Waals surface area contributed by atoms with Gasteiger partial charge in [0.25, 0.3) is 5.91 Å². The van der Waals surface area contributed by atoms with Crippen molar-refractivity contribution in [3.63, 3.8) is 0 Å². The van der Waals surface area contributed by atoms with Crippen LogP contribution in [0.4, 0.5) is 5.69 Å². The molecule has 2 aromatic rings. The van der Waals surface area contributed by atoms with Gasteiger partial charge < -0.3 is 15.0 Å². The quantitative estimate of drug-likeness (QED) is 0.889. The summed E-state index contributed by atoms with van der Waals surface area (Å²) in [6, 6.07) is 11.1. The number of carbonyl (C=O) groups excluding carboxylic acids is 1. The normalized spacial score (nSPS) is 10.6. The van der Waals surface area contributed by atoms with Crippen molar-refractivity contribution < 1.29 is 9.53 Å². The number of nitrogens with one attached hydrogen (secondary N) is 1. The number of benzene rings is 1. The van der Waals surface area contributed by atoms with Gasteiger partial charge in [0, 0.05) is 12.2 Å². The van der Waals surface area contributed by atoms with Crippen molar-refractivity contribution in [2.45, 2.75) is 0 Å². The molecule has 0 bridgehead atoms. The molecular formula is C15H18N2O2S. The molecule has 0 aliphatic carbocycles. The molecule has 0 fully saturated rings. The molecule has 0 radical (unpaired) electrons. The van der Waals surface area contributed by atoms with Crippen molar-refractivity contribution in [3.8, 4) is 5.75 Å². The van der Waals surface area contributed by atoms with Crippen LogP contribution in [0.3, 0.4) is 0 Å². The molecule has 1 N–H and O–H groups in total. The molecule has 106 valence electrons. The number of nitrogens with zero attached hydrogens (tertiary/aromatic N) is 1. The zero-order chi connectivity index (χ0) is 14.4. The second kappa shape index (κ2) is 7.07. The van der Waals surface area contributed by atoms with E-state index in [-0.39, 0.29) is 5.91 Å². The standard InChI is InChI=1S/C15H18N2O2S/c1-17(2)9-10-19-13-7-5-12(6-8-13)16-15(18)14-4-3-11-20-14/h3-8,11H,9-10H2,1-2H3,(H,16,18). The SMILES string of the molecule is CN(C)CCOc1ccc(NC(=O)c2cccs2)cc1. The van der Waals surface area contributed by atoms with Gasteiger partial charge in [-0.3, -0.25) is 4.79 Å². The number of likely N-dealkylation sites (N-methyl/N-ethyl adjacent to an activating group) is 1. The lowest BCUT2D eigenvalue weighted by molar-refractivity contribution is 0.103. The van der Waals surface area contributed by atoms with E-state index in [1.54, 1.807) is 6.07 Å². The van der Waals surface area contributed by atoms with Crippen molar-refractivity contribution in [3.05, 3.63) is 46.7 Å². The third kappa shape index (κ3) is 4.36. The van der Waals surface area contributed by atoms with Gasteiger partial charge in [0.2, 0.25) is 0 Å². The number of hydrogen-bond donors (Lipinski definition) is 1. The van der Waals surface area contributed by atoms with Crippen LogP contribution in [0.5, 0.6) is 5.75 Å². The van der Waals surface area contributed by atoms with Gasteiger partial charge in [-0.1, -0.05) is 6.07 Å². The maximum absolute atomic E-state index is 11.9. The van der Waals surface area contributed by atoms with E-state index in [0.29, 0.717) is 11.5 Å². The Bertz CT molecular complexity index is 536. The van der Waals surface area contributed by atoms with Gasteiger partial charge in [-0.15, -0.1) is 11.3 Å². The molecule has 0 aliphatic rings. The number of amides is 1. The first-order chi connectivity index (χ1) is 9.65. The topological polar surface area (TPSA) is 41.6 Å². The number of thiophene rings is 1. The van der Waals surface area contributed by atoms with Crippen molar-refractivity contribution in [2.75, 3.05) is 32.6 Å². The predicted molar refractivity (Wildman–Crippen MR) is 82.8 cm³/mol. The van der Waals surface area contributed by atoms with Gasteiger partial charge in [-0.05, 0) is 49.8 Å². The molecule has 1 aromatic heterocycles. The predicted octanol–water partition coefficient (Wildman–Crippen LogP) is 2.94. The molecule has 5 heteroatoms. The summed E-state index contributed by atoms with van der Waals surface area (Å²) in [4.78, 5) is 14.6. The highest BCUT2D eigenvalue weighted by molar-refractivity contribution is 7.12. The third-order valence-corrected chi connectivity index (χ3v) is 3.53. The van der Waals surface area contributed by atoms with Gasteiger partial charge in [0.15, 0.2) is 0 Å². The van der Waals surface area contributed by atoms with E-state index in [0.717, 1.165) is 18.0 Å². The molecular weight excluding hydrogens is 272 g/mol. The lowest BCUT2D eigenvalue weighted by atomic mass is 10.3. The Morgan fingerprint density at radius 3 is 2.60 bits per heavy atom. The summed E-state index contributed by atoms with van der Waals surface area (Å²) in [6.07, 6.45) is 0. The zero-order valence-corrected chi connectivity index (χ0v) is 12.4. The first-order valence-corrected chi connectivity index (χ1v) is 7.25. The molecule has 0 aliphatic heterocycles. The van der Waals surface area contributed by atoms with Crippen LogP contribution >= 0.6 is 11.3 Å². The van der Waals surface area contributed by atoms with Crippen LogP contribution in [-0.2, 0) is 0 Å². The summed E-state index contributed by atoms with van der Waals surface area (Å²) in [7, 11) is 4.01. The maximum Gasteiger partial charge on any atom is 0.265 e.